The van der Waals surface area contributed by atoms with Gasteiger partial charge in [-0.1, -0.05) is 6.07 Å². The number of rotatable bonds is 3. The van der Waals surface area contributed by atoms with Crippen LogP contribution in [0.25, 0.3) is 0 Å². The van der Waals surface area contributed by atoms with Crippen LogP contribution in [0.1, 0.15) is 16.7 Å². The quantitative estimate of drug-likeness (QED) is 0.850. The Hall–Kier alpha value is -0.870. The minimum atomic E-state index is -3.33. The molecule has 3 nitrogen and oxygen atoms in total. The summed E-state index contributed by atoms with van der Waals surface area (Å²) in [6.45, 7) is 5.27. The van der Waals surface area contributed by atoms with Crippen LogP contribution in [0.4, 0.5) is 0 Å². The van der Waals surface area contributed by atoms with Gasteiger partial charge in [-0.15, -0.1) is 0 Å². The minimum Gasteiger partial charge on any atom is -0.395 e. The Morgan fingerprint density at radius 1 is 1.07 bits per heavy atom. The Morgan fingerprint density at radius 2 is 1.60 bits per heavy atom. The van der Waals surface area contributed by atoms with E-state index < -0.39 is 9.84 Å². The Kier molecular flexibility index (Phi) is 3.52. The fourth-order valence-corrected chi connectivity index (χ4v) is 2.87. The molecule has 1 aromatic carbocycles. The average molecular weight is 228 g/mol. The molecular formula is C11H16O3S. The van der Waals surface area contributed by atoms with E-state index in [9.17, 15) is 8.42 Å². The monoisotopic (exact) mass is 228 g/mol. The lowest BCUT2D eigenvalue weighted by molar-refractivity contribution is 0.319. The van der Waals surface area contributed by atoms with Gasteiger partial charge in [0, 0.05) is 0 Å². The molecule has 1 rings (SSSR count). The van der Waals surface area contributed by atoms with Crippen molar-refractivity contribution in [1.29, 1.82) is 0 Å². The first kappa shape index (κ1) is 12.2. The molecule has 0 saturated carbocycles. The maximum atomic E-state index is 11.8. The lowest BCUT2D eigenvalue weighted by Crippen LogP contribution is -2.12. The summed E-state index contributed by atoms with van der Waals surface area (Å²) in [6.07, 6.45) is 0. The van der Waals surface area contributed by atoms with E-state index in [1.165, 1.54) is 0 Å². The summed E-state index contributed by atoms with van der Waals surface area (Å²) in [5, 5.41) is 8.70. The molecule has 0 fully saturated rings. The minimum absolute atomic E-state index is 0.212. The maximum absolute atomic E-state index is 11.8. The van der Waals surface area contributed by atoms with Gasteiger partial charge < -0.3 is 5.11 Å². The summed E-state index contributed by atoms with van der Waals surface area (Å²) < 4.78 is 23.5. The van der Waals surface area contributed by atoms with E-state index in [4.69, 9.17) is 5.11 Å². The number of hydrogen-bond acceptors (Lipinski definition) is 3. The fourth-order valence-electron chi connectivity index (χ4n) is 1.50. The van der Waals surface area contributed by atoms with Crippen molar-refractivity contribution in [1.82, 2.24) is 0 Å². The van der Waals surface area contributed by atoms with Crippen molar-refractivity contribution < 1.29 is 13.5 Å². The molecule has 0 aliphatic carbocycles. The highest BCUT2D eigenvalue weighted by Gasteiger charge is 2.17. The fraction of sp³-hybridized carbons (Fsp3) is 0.455. The summed E-state index contributed by atoms with van der Waals surface area (Å²) in [5.74, 6) is -0.212. The molecule has 0 amide bonds. The molecule has 0 aliphatic rings. The third-order valence-electron chi connectivity index (χ3n) is 2.49. The van der Waals surface area contributed by atoms with E-state index in [0.717, 1.165) is 16.7 Å². The summed E-state index contributed by atoms with van der Waals surface area (Å²) in [4.78, 5) is 0.333. The van der Waals surface area contributed by atoms with E-state index >= 15 is 0 Å². The zero-order valence-corrected chi connectivity index (χ0v) is 10.1. The first-order valence-corrected chi connectivity index (χ1v) is 6.45. The largest absolute Gasteiger partial charge is 0.395 e. The summed E-state index contributed by atoms with van der Waals surface area (Å²) in [6, 6.07) is 3.54. The van der Waals surface area contributed by atoms with E-state index in [2.05, 4.69) is 0 Å². The molecule has 0 spiro atoms. The first-order valence-electron chi connectivity index (χ1n) is 4.80. The molecule has 0 bridgehead atoms. The topological polar surface area (TPSA) is 54.4 Å². The molecule has 0 unspecified atom stereocenters. The Labute approximate surface area is 90.7 Å². The number of aliphatic hydroxyl groups is 1. The molecule has 1 N–H and O–H groups in total. The van der Waals surface area contributed by atoms with Crippen molar-refractivity contribution in [2.75, 3.05) is 12.4 Å². The zero-order valence-electron chi connectivity index (χ0n) is 9.24. The molecule has 84 valence electrons. The van der Waals surface area contributed by atoms with Crippen LogP contribution in [0.15, 0.2) is 17.0 Å². The van der Waals surface area contributed by atoms with Crippen LogP contribution >= 0.6 is 0 Å². The smallest absolute Gasteiger partial charge is 0.180 e. The Bertz CT molecular complexity index is 461. The van der Waals surface area contributed by atoms with E-state index in [1.807, 2.05) is 19.9 Å². The van der Waals surface area contributed by atoms with Crippen molar-refractivity contribution >= 4 is 9.84 Å². The summed E-state index contributed by atoms with van der Waals surface area (Å²) >= 11 is 0. The molecule has 15 heavy (non-hydrogen) atoms. The second-order valence-corrected chi connectivity index (χ2v) is 5.82. The molecule has 4 heteroatoms. The SMILES string of the molecule is Cc1cc(C)c(S(=O)(=O)CCO)cc1C. The highest BCUT2D eigenvalue weighted by Crippen LogP contribution is 2.20. The molecule has 1 aromatic rings. The summed E-state index contributed by atoms with van der Waals surface area (Å²) in [5.41, 5.74) is 2.78. The molecule has 0 aliphatic heterocycles. The maximum Gasteiger partial charge on any atom is 0.180 e. The lowest BCUT2D eigenvalue weighted by Gasteiger charge is -2.09. The van der Waals surface area contributed by atoms with Crippen LogP contribution in [0.3, 0.4) is 0 Å². The normalized spacial score (nSPS) is 11.7. The van der Waals surface area contributed by atoms with Gasteiger partial charge in [0.05, 0.1) is 17.3 Å². The van der Waals surface area contributed by atoms with Crippen LogP contribution in [0, 0.1) is 20.8 Å². The van der Waals surface area contributed by atoms with Crippen LogP contribution in [0.2, 0.25) is 0 Å². The first-order chi connectivity index (χ1) is 6.88. The third kappa shape index (κ3) is 2.58. The summed E-state index contributed by atoms with van der Waals surface area (Å²) in [7, 11) is -3.33. The second kappa shape index (κ2) is 4.33. The van der Waals surface area contributed by atoms with Gasteiger partial charge in [-0.25, -0.2) is 8.42 Å². The van der Waals surface area contributed by atoms with Crippen molar-refractivity contribution in [3.63, 3.8) is 0 Å². The second-order valence-electron chi connectivity index (χ2n) is 3.74. The van der Waals surface area contributed by atoms with Crippen molar-refractivity contribution in [3.8, 4) is 0 Å². The zero-order chi connectivity index (χ0) is 11.6. The predicted molar refractivity (Wildman–Crippen MR) is 59.8 cm³/mol. The molecule has 0 heterocycles. The highest BCUT2D eigenvalue weighted by atomic mass is 32.2. The van der Waals surface area contributed by atoms with E-state index in [1.54, 1.807) is 13.0 Å². The van der Waals surface area contributed by atoms with Gasteiger partial charge in [0.15, 0.2) is 9.84 Å². The Balaban J connectivity index is 3.33. The van der Waals surface area contributed by atoms with Gasteiger partial charge in [-0.05, 0) is 43.5 Å². The van der Waals surface area contributed by atoms with Crippen molar-refractivity contribution in [2.24, 2.45) is 0 Å². The van der Waals surface area contributed by atoms with Gasteiger partial charge in [-0.2, -0.15) is 0 Å². The highest BCUT2D eigenvalue weighted by molar-refractivity contribution is 7.91. The number of sulfone groups is 1. The van der Waals surface area contributed by atoms with Gasteiger partial charge in [0.1, 0.15) is 0 Å². The van der Waals surface area contributed by atoms with Crippen LogP contribution in [-0.4, -0.2) is 25.9 Å². The van der Waals surface area contributed by atoms with Gasteiger partial charge in [0.25, 0.3) is 0 Å². The van der Waals surface area contributed by atoms with Crippen LogP contribution in [-0.2, 0) is 9.84 Å². The lowest BCUT2D eigenvalue weighted by atomic mass is 10.1. The molecular weight excluding hydrogens is 212 g/mol. The molecule has 0 atom stereocenters. The number of hydrogen-bond donors (Lipinski definition) is 1. The number of benzene rings is 1. The van der Waals surface area contributed by atoms with Gasteiger partial charge >= 0.3 is 0 Å². The average Bonchev–Trinajstić information content (AvgIpc) is 2.11. The van der Waals surface area contributed by atoms with E-state index in [-0.39, 0.29) is 12.4 Å². The third-order valence-corrected chi connectivity index (χ3v) is 4.32. The standard InChI is InChI=1S/C11H16O3S/c1-8-6-10(3)11(7-9(8)2)15(13,14)5-4-12/h6-7,12H,4-5H2,1-3H3. The predicted octanol–water partition coefficient (Wildman–Crippen LogP) is 1.38. The molecule has 0 radical (unpaired) electrons. The number of aryl methyl sites for hydroxylation is 3. The van der Waals surface area contributed by atoms with E-state index in [0.29, 0.717) is 4.90 Å². The van der Waals surface area contributed by atoms with Crippen LogP contribution in [0.5, 0.6) is 0 Å². The molecule has 0 saturated heterocycles. The van der Waals surface area contributed by atoms with Crippen molar-refractivity contribution in [2.45, 2.75) is 25.7 Å². The van der Waals surface area contributed by atoms with Gasteiger partial charge in [-0.3, -0.25) is 0 Å². The number of aliphatic hydroxyl groups excluding tert-OH is 1. The Morgan fingerprint density at radius 3 is 2.13 bits per heavy atom. The van der Waals surface area contributed by atoms with Crippen LogP contribution < -0.4 is 0 Å². The van der Waals surface area contributed by atoms with Crippen molar-refractivity contribution in [3.05, 3.63) is 28.8 Å². The molecule has 0 aromatic heterocycles. The van der Waals surface area contributed by atoms with Gasteiger partial charge in [0.2, 0.25) is 0 Å².